The molecule has 4 saturated carbocycles. The smallest absolute Gasteiger partial charge is 0.0319 e. The molecule has 1 aromatic rings. The third kappa shape index (κ3) is 4.20. The van der Waals surface area contributed by atoms with E-state index in [9.17, 15) is 0 Å². The molecule has 1 aromatic carbocycles. The summed E-state index contributed by atoms with van der Waals surface area (Å²) < 4.78 is 0. The Morgan fingerprint density at radius 2 is 1.50 bits per heavy atom. The molecule has 0 nitrogen and oxygen atoms in total. The second-order valence-electron chi connectivity index (χ2n) is 10.3. The van der Waals surface area contributed by atoms with E-state index in [1.54, 1.807) is 0 Å². The number of fused-ring (bicyclic) bond motifs is 3. The van der Waals surface area contributed by atoms with Gasteiger partial charge in [0.25, 0.3) is 0 Å². The summed E-state index contributed by atoms with van der Waals surface area (Å²) in [6.45, 7) is 4.55. The summed E-state index contributed by atoms with van der Waals surface area (Å²) in [7, 11) is 0. The lowest BCUT2D eigenvalue weighted by atomic mass is 9.48. The highest BCUT2D eigenvalue weighted by molar-refractivity contribution is 5.38. The van der Waals surface area contributed by atoms with Gasteiger partial charge in [-0.25, -0.2) is 0 Å². The zero-order valence-corrected chi connectivity index (χ0v) is 18.4. The van der Waals surface area contributed by atoms with Gasteiger partial charge in [0, 0.05) is 11.0 Å². The molecule has 2 bridgehead atoms. The molecule has 0 heteroatoms. The zero-order valence-electron chi connectivity index (χ0n) is 18.4. The van der Waals surface area contributed by atoms with Crippen LogP contribution in [0.25, 0.3) is 0 Å². The van der Waals surface area contributed by atoms with Gasteiger partial charge in [-0.3, -0.25) is 0 Å². The minimum atomic E-state index is 0.337. The Labute approximate surface area is 173 Å². The molecule has 0 atom stereocenters. The van der Waals surface area contributed by atoms with Crippen LogP contribution in [0.15, 0.2) is 24.3 Å². The SMILES string of the molecule is CCCC[C@H]1CC[C@H](C23CCC(C#Cc4ccc(CC)cc4)(CC2)CC3)CC1. The maximum atomic E-state index is 3.78. The number of rotatable bonds is 5. The fourth-order valence-corrected chi connectivity index (χ4v) is 6.60. The average Bonchev–Trinajstić information content (AvgIpc) is 2.78. The number of benzene rings is 1. The highest BCUT2D eigenvalue weighted by Crippen LogP contribution is 2.62. The van der Waals surface area contributed by atoms with Crippen molar-refractivity contribution in [2.24, 2.45) is 22.7 Å². The summed E-state index contributed by atoms with van der Waals surface area (Å²) in [6.07, 6.45) is 20.0. The van der Waals surface area contributed by atoms with Crippen molar-refractivity contribution in [2.75, 3.05) is 0 Å². The fourth-order valence-electron chi connectivity index (χ4n) is 6.60. The Morgan fingerprint density at radius 1 is 0.857 bits per heavy atom. The molecule has 28 heavy (non-hydrogen) atoms. The maximum absolute atomic E-state index is 3.78. The third-order valence-electron chi connectivity index (χ3n) is 8.82. The van der Waals surface area contributed by atoms with Gasteiger partial charge in [-0.15, -0.1) is 0 Å². The summed E-state index contributed by atoms with van der Waals surface area (Å²) in [4.78, 5) is 0. The normalized spacial score (nSPS) is 34.6. The van der Waals surface area contributed by atoms with E-state index < -0.39 is 0 Å². The van der Waals surface area contributed by atoms with Crippen LogP contribution in [0.1, 0.15) is 108 Å². The molecule has 4 aliphatic carbocycles. The van der Waals surface area contributed by atoms with Crippen LogP contribution in [0.2, 0.25) is 0 Å². The molecule has 0 heterocycles. The van der Waals surface area contributed by atoms with Crippen LogP contribution in [0.4, 0.5) is 0 Å². The predicted molar refractivity (Wildman–Crippen MR) is 120 cm³/mol. The first kappa shape index (κ1) is 20.1. The lowest BCUT2D eigenvalue weighted by Crippen LogP contribution is -2.45. The Hall–Kier alpha value is -1.22. The maximum Gasteiger partial charge on any atom is 0.0319 e. The zero-order chi connectivity index (χ0) is 19.5. The quantitative estimate of drug-likeness (QED) is 0.457. The summed E-state index contributed by atoms with van der Waals surface area (Å²) in [5.41, 5.74) is 3.65. The fraction of sp³-hybridized carbons (Fsp3) is 0.714. The summed E-state index contributed by atoms with van der Waals surface area (Å²) >= 11 is 0. The van der Waals surface area contributed by atoms with Crippen molar-refractivity contribution < 1.29 is 0 Å². The Balaban J connectivity index is 1.34. The van der Waals surface area contributed by atoms with Gasteiger partial charge < -0.3 is 0 Å². The molecule has 4 fully saturated rings. The van der Waals surface area contributed by atoms with Crippen LogP contribution < -0.4 is 0 Å². The largest absolute Gasteiger partial charge is 0.0911 e. The number of hydrogen-bond acceptors (Lipinski definition) is 0. The number of unbranched alkanes of at least 4 members (excludes halogenated alkanes) is 1. The van der Waals surface area contributed by atoms with E-state index in [-0.39, 0.29) is 0 Å². The van der Waals surface area contributed by atoms with Crippen LogP contribution in [-0.2, 0) is 6.42 Å². The van der Waals surface area contributed by atoms with E-state index in [1.165, 1.54) is 94.6 Å². The second-order valence-corrected chi connectivity index (χ2v) is 10.3. The van der Waals surface area contributed by atoms with Crippen LogP contribution in [0, 0.1) is 34.5 Å². The highest BCUT2D eigenvalue weighted by atomic mass is 14.6. The van der Waals surface area contributed by atoms with E-state index in [0.29, 0.717) is 10.8 Å². The second kappa shape index (κ2) is 8.65. The van der Waals surface area contributed by atoms with Crippen molar-refractivity contribution in [3.8, 4) is 11.8 Å². The molecular weight excluding hydrogens is 336 g/mol. The minimum absolute atomic E-state index is 0.337. The van der Waals surface area contributed by atoms with Gasteiger partial charge in [0.15, 0.2) is 0 Å². The highest BCUT2D eigenvalue weighted by Gasteiger charge is 2.51. The van der Waals surface area contributed by atoms with Gasteiger partial charge in [0.1, 0.15) is 0 Å². The van der Waals surface area contributed by atoms with Crippen LogP contribution in [0.3, 0.4) is 0 Å². The van der Waals surface area contributed by atoms with E-state index >= 15 is 0 Å². The topological polar surface area (TPSA) is 0 Å². The van der Waals surface area contributed by atoms with Gasteiger partial charge in [0.05, 0.1) is 0 Å². The van der Waals surface area contributed by atoms with Crippen LogP contribution in [0.5, 0.6) is 0 Å². The lowest BCUT2D eigenvalue weighted by molar-refractivity contribution is -0.0379. The molecule has 0 saturated heterocycles. The van der Waals surface area contributed by atoms with Gasteiger partial charge in [0.2, 0.25) is 0 Å². The monoisotopic (exact) mass is 376 g/mol. The van der Waals surface area contributed by atoms with Crippen LogP contribution >= 0.6 is 0 Å². The summed E-state index contributed by atoms with van der Waals surface area (Å²) in [6, 6.07) is 8.92. The molecule has 5 rings (SSSR count). The van der Waals surface area contributed by atoms with E-state index in [2.05, 4.69) is 50.0 Å². The molecular formula is C28H40. The number of hydrogen-bond donors (Lipinski definition) is 0. The molecule has 0 radical (unpaired) electrons. The third-order valence-corrected chi connectivity index (χ3v) is 8.82. The van der Waals surface area contributed by atoms with Crippen molar-refractivity contribution in [1.29, 1.82) is 0 Å². The molecule has 0 aromatic heterocycles. The molecule has 152 valence electrons. The van der Waals surface area contributed by atoms with E-state index in [1.807, 2.05) is 0 Å². The van der Waals surface area contributed by atoms with Crippen molar-refractivity contribution >= 4 is 0 Å². The lowest BCUT2D eigenvalue weighted by Gasteiger charge is -2.56. The van der Waals surface area contributed by atoms with Gasteiger partial charge in [-0.05, 0) is 92.7 Å². The minimum Gasteiger partial charge on any atom is -0.0911 e. The average molecular weight is 377 g/mol. The van der Waals surface area contributed by atoms with Crippen molar-refractivity contribution in [1.82, 2.24) is 0 Å². The van der Waals surface area contributed by atoms with E-state index in [0.717, 1.165) is 18.3 Å². The summed E-state index contributed by atoms with van der Waals surface area (Å²) in [5, 5.41) is 0. The number of aryl methyl sites for hydroxylation is 1. The first-order valence-corrected chi connectivity index (χ1v) is 12.3. The van der Waals surface area contributed by atoms with Crippen molar-refractivity contribution in [2.45, 2.75) is 104 Å². The molecule has 4 aliphatic rings. The standard InChI is InChI=1S/C28H40/c1-3-5-6-24-11-13-26(14-12-24)28-20-17-27(18-21-28,19-22-28)16-15-25-9-7-23(4-2)8-10-25/h7-10,24,26H,3-6,11-14,17-22H2,1-2H3/t24-,26-,27?,28?. The van der Waals surface area contributed by atoms with Gasteiger partial charge in [-0.2, -0.15) is 0 Å². The molecule has 0 aliphatic heterocycles. The van der Waals surface area contributed by atoms with Gasteiger partial charge in [-0.1, -0.05) is 69.9 Å². The first-order valence-electron chi connectivity index (χ1n) is 12.3. The first-order chi connectivity index (χ1) is 13.7. The summed E-state index contributed by atoms with van der Waals surface area (Å²) in [5.74, 6) is 9.40. The van der Waals surface area contributed by atoms with Gasteiger partial charge >= 0.3 is 0 Å². The molecule has 0 N–H and O–H groups in total. The predicted octanol–water partition coefficient (Wildman–Crippen LogP) is 7.94. The Morgan fingerprint density at radius 3 is 2.07 bits per heavy atom. The Kier molecular flexibility index (Phi) is 6.20. The van der Waals surface area contributed by atoms with Crippen molar-refractivity contribution in [3.63, 3.8) is 0 Å². The Bertz CT molecular complexity index is 665. The van der Waals surface area contributed by atoms with Crippen LogP contribution in [-0.4, -0.2) is 0 Å². The molecule has 0 unspecified atom stereocenters. The molecule has 0 spiro atoms. The van der Waals surface area contributed by atoms with E-state index in [4.69, 9.17) is 0 Å². The molecule has 0 amide bonds. The van der Waals surface area contributed by atoms with Crippen molar-refractivity contribution in [3.05, 3.63) is 35.4 Å².